The van der Waals surface area contributed by atoms with Crippen molar-refractivity contribution >= 4 is 0 Å². The number of aryl methyl sites for hydroxylation is 1. The van der Waals surface area contributed by atoms with E-state index in [9.17, 15) is 5.11 Å². The summed E-state index contributed by atoms with van der Waals surface area (Å²) in [6, 6.07) is 7.89. The molecule has 1 unspecified atom stereocenters. The highest BCUT2D eigenvalue weighted by molar-refractivity contribution is 5.38. The van der Waals surface area contributed by atoms with Crippen molar-refractivity contribution in [3.8, 4) is 5.75 Å². The molecule has 0 radical (unpaired) electrons. The Hall–Kier alpha value is -1.81. The number of aliphatic hydroxyl groups excluding tert-OH is 1. The van der Waals surface area contributed by atoms with Crippen LogP contribution in [-0.4, -0.2) is 21.5 Å². The fraction of sp³-hybridized carbons (Fsp3) is 0.400. The van der Waals surface area contributed by atoms with Gasteiger partial charge in [0.2, 0.25) is 0 Å². The van der Waals surface area contributed by atoms with Crippen LogP contribution in [0.15, 0.2) is 36.7 Å². The zero-order valence-corrected chi connectivity index (χ0v) is 10.8. The van der Waals surface area contributed by atoms with Crippen LogP contribution in [0.2, 0.25) is 0 Å². The van der Waals surface area contributed by atoms with E-state index in [2.05, 4.69) is 11.2 Å². The lowest BCUT2D eigenvalue weighted by atomic mass is 9.89. The molecule has 0 spiro atoms. The SMILES string of the molecule is OC1CCCc2cc(OCCn3cccn3)ccc21. The highest BCUT2D eigenvalue weighted by Crippen LogP contribution is 2.31. The maximum Gasteiger partial charge on any atom is 0.119 e. The zero-order valence-electron chi connectivity index (χ0n) is 10.8. The quantitative estimate of drug-likeness (QED) is 0.915. The van der Waals surface area contributed by atoms with E-state index in [0.717, 1.165) is 37.1 Å². The fourth-order valence-corrected chi connectivity index (χ4v) is 2.54. The minimum atomic E-state index is -0.304. The summed E-state index contributed by atoms with van der Waals surface area (Å²) in [6.07, 6.45) is 6.33. The maximum absolute atomic E-state index is 9.90. The van der Waals surface area contributed by atoms with Crippen molar-refractivity contribution in [3.05, 3.63) is 47.8 Å². The summed E-state index contributed by atoms with van der Waals surface area (Å²) in [5.41, 5.74) is 2.28. The maximum atomic E-state index is 9.90. The van der Waals surface area contributed by atoms with Crippen molar-refractivity contribution in [1.82, 2.24) is 9.78 Å². The number of benzene rings is 1. The normalized spacial score (nSPS) is 18.1. The van der Waals surface area contributed by atoms with Crippen LogP contribution in [0.1, 0.15) is 30.1 Å². The summed E-state index contributed by atoms with van der Waals surface area (Å²) < 4.78 is 7.59. The number of hydrogen-bond donors (Lipinski definition) is 1. The third kappa shape index (κ3) is 2.79. The number of nitrogens with zero attached hydrogens (tertiary/aromatic N) is 2. The highest BCUT2D eigenvalue weighted by Gasteiger charge is 2.17. The average molecular weight is 258 g/mol. The second-order valence-electron chi connectivity index (χ2n) is 4.89. The Balaban J connectivity index is 1.62. The first-order valence-corrected chi connectivity index (χ1v) is 6.74. The summed E-state index contributed by atoms with van der Waals surface area (Å²) in [7, 11) is 0. The molecule has 100 valence electrons. The molecule has 3 rings (SSSR count). The van der Waals surface area contributed by atoms with Gasteiger partial charge in [-0.05, 0) is 48.6 Å². The van der Waals surface area contributed by atoms with Gasteiger partial charge in [-0.1, -0.05) is 6.07 Å². The molecule has 1 aromatic carbocycles. The molecule has 1 heterocycles. The van der Waals surface area contributed by atoms with Crippen LogP contribution in [0.3, 0.4) is 0 Å². The fourth-order valence-electron chi connectivity index (χ4n) is 2.54. The van der Waals surface area contributed by atoms with Gasteiger partial charge in [0.05, 0.1) is 12.6 Å². The van der Waals surface area contributed by atoms with Crippen molar-refractivity contribution < 1.29 is 9.84 Å². The van der Waals surface area contributed by atoms with E-state index >= 15 is 0 Å². The molecule has 1 aromatic heterocycles. The van der Waals surface area contributed by atoms with E-state index in [1.54, 1.807) is 6.20 Å². The molecule has 1 aliphatic rings. The van der Waals surface area contributed by atoms with E-state index in [1.807, 2.05) is 29.1 Å². The van der Waals surface area contributed by atoms with Gasteiger partial charge in [0.1, 0.15) is 12.4 Å². The molecular formula is C15H18N2O2. The first kappa shape index (κ1) is 12.2. The number of rotatable bonds is 4. The summed E-state index contributed by atoms with van der Waals surface area (Å²) in [5, 5.41) is 14.0. The topological polar surface area (TPSA) is 47.3 Å². The smallest absolute Gasteiger partial charge is 0.119 e. The third-order valence-corrected chi connectivity index (χ3v) is 3.55. The van der Waals surface area contributed by atoms with E-state index in [-0.39, 0.29) is 6.10 Å². The largest absolute Gasteiger partial charge is 0.492 e. The Bertz CT molecular complexity index is 537. The standard InChI is InChI=1S/C15H18N2O2/c18-15-4-1-3-12-11-13(5-6-14(12)15)19-10-9-17-8-2-7-16-17/h2,5-8,11,15,18H,1,3-4,9-10H2. The predicted octanol–water partition coefficient (Wildman–Crippen LogP) is 2.33. The first-order valence-electron chi connectivity index (χ1n) is 6.74. The Labute approximate surface area is 112 Å². The van der Waals surface area contributed by atoms with Gasteiger partial charge in [-0.2, -0.15) is 5.10 Å². The van der Waals surface area contributed by atoms with Crippen LogP contribution in [0.25, 0.3) is 0 Å². The number of aliphatic hydroxyl groups is 1. The Kier molecular flexibility index (Phi) is 3.51. The molecule has 4 heteroatoms. The number of aromatic nitrogens is 2. The summed E-state index contributed by atoms with van der Waals surface area (Å²) in [5.74, 6) is 0.875. The Morgan fingerprint density at radius 2 is 2.37 bits per heavy atom. The van der Waals surface area contributed by atoms with Gasteiger partial charge in [0.15, 0.2) is 0 Å². The minimum absolute atomic E-state index is 0.304. The lowest BCUT2D eigenvalue weighted by Crippen LogP contribution is -2.11. The summed E-state index contributed by atoms with van der Waals surface area (Å²) >= 11 is 0. The molecular weight excluding hydrogens is 240 g/mol. The lowest BCUT2D eigenvalue weighted by Gasteiger charge is -2.21. The van der Waals surface area contributed by atoms with Crippen LogP contribution in [0.4, 0.5) is 0 Å². The van der Waals surface area contributed by atoms with Crippen molar-refractivity contribution in [2.75, 3.05) is 6.61 Å². The average Bonchev–Trinajstić information content (AvgIpc) is 2.92. The van der Waals surface area contributed by atoms with Gasteiger partial charge >= 0.3 is 0 Å². The lowest BCUT2D eigenvalue weighted by molar-refractivity contribution is 0.156. The van der Waals surface area contributed by atoms with Crippen LogP contribution in [0.5, 0.6) is 5.75 Å². The number of ether oxygens (including phenoxy) is 1. The Morgan fingerprint density at radius 3 is 3.21 bits per heavy atom. The molecule has 19 heavy (non-hydrogen) atoms. The first-order chi connectivity index (χ1) is 9.33. The minimum Gasteiger partial charge on any atom is -0.492 e. The van der Waals surface area contributed by atoms with Gasteiger partial charge < -0.3 is 9.84 Å². The molecule has 4 nitrogen and oxygen atoms in total. The van der Waals surface area contributed by atoms with Gasteiger partial charge in [0, 0.05) is 12.4 Å². The van der Waals surface area contributed by atoms with Gasteiger partial charge in [-0.15, -0.1) is 0 Å². The van der Waals surface area contributed by atoms with Crippen LogP contribution >= 0.6 is 0 Å². The van der Waals surface area contributed by atoms with Crippen LogP contribution < -0.4 is 4.74 Å². The second kappa shape index (κ2) is 5.45. The van der Waals surface area contributed by atoms with Gasteiger partial charge in [-0.3, -0.25) is 4.68 Å². The molecule has 0 fully saturated rings. The molecule has 1 atom stereocenters. The van der Waals surface area contributed by atoms with Crippen molar-refractivity contribution in [1.29, 1.82) is 0 Å². The van der Waals surface area contributed by atoms with E-state index < -0.39 is 0 Å². The van der Waals surface area contributed by atoms with Crippen molar-refractivity contribution in [3.63, 3.8) is 0 Å². The van der Waals surface area contributed by atoms with Crippen LogP contribution in [0, 0.1) is 0 Å². The molecule has 0 bridgehead atoms. The van der Waals surface area contributed by atoms with Crippen LogP contribution in [-0.2, 0) is 13.0 Å². The number of hydrogen-bond acceptors (Lipinski definition) is 3. The molecule has 2 aromatic rings. The summed E-state index contributed by atoms with van der Waals surface area (Å²) in [4.78, 5) is 0. The second-order valence-corrected chi connectivity index (χ2v) is 4.89. The van der Waals surface area contributed by atoms with Gasteiger partial charge in [-0.25, -0.2) is 0 Å². The highest BCUT2D eigenvalue weighted by atomic mass is 16.5. The van der Waals surface area contributed by atoms with E-state index in [1.165, 1.54) is 5.56 Å². The molecule has 0 amide bonds. The molecule has 1 N–H and O–H groups in total. The van der Waals surface area contributed by atoms with Crippen molar-refractivity contribution in [2.24, 2.45) is 0 Å². The van der Waals surface area contributed by atoms with E-state index in [0.29, 0.717) is 6.61 Å². The molecule has 1 aliphatic carbocycles. The molecule has 0 saturated heterocycles. The zero-order chi connectivity index (χ0) is 13.1. The van der Waals surface area contributed by atoms with Crippen molar-refractivity contribution in [2.45, 2.75) is 31.9 Å². The Morgan fingerprint density at radius 1 is 1.42 bits per heavy atom. The molecule has 0 saturated carbocycles. The van der Waals surface area contributed by atoms with E-state index in [4.69, 9.17) is 4.74 Å². The predicted molar refractivity (Wildman–Crippen MR) is 72.1 cm³/mol. The number of fused-ring (bicyclic) bond motifs is 1. The van der Waals surface area contributed by atoms with Gasteiger partial charge in [0.25, 0.3) is 0 Å². The third-order valence-electron chi connectivity index (χ3n) is 3.55. The molecule has 0 aliphatic heterocycles. The monoisotopic (exact) mass is 258 g/mol. The summed E-state index contributed by atoms with van der Waals surface area (Å²) in [6.45, 7) is 1.34.